The van der Waals surface area contributed by atoms with Crippen LogP contribution in [0.2, 0.25) is 0 Å². The molecule has 2 aromatic rings. The maximum Gasteiger partial charge on any atom is 0.233 e. The second-order valence-electron chi connectivity index (χ2n) is 7.14. The van der Waals surface area contributed by atoms with Gasteiger partial charge < -0.3 is 4.74 Å². The number of carbonyl (C=O) groups excluding carboxylic acids is 3. The molecule has 0 aliphatic carbocycles. The van der Waals surface area contributed by atoms with Gasteiger partial charge in [-0.2, -0.15) is 5.10 Å². The standard InChI is InChI=1S/C21H17N3O4/c1-28-13-8-6-11(7-9-13)19(25)18-16-15(20(26)23-21(16)27)17-14-5-3-2-4-12(14)10-22-24(17)18/h2-10,15-18H,1H3,(H,23,26,27)/t15-,16+,17-,18-/m1/s1. The van der Waals surface area contributed by atoms with Crippen molar-refractivity contribution in [1.82, 2.24) is 10.3 Å². The quantitative estimate of drug-likeness (QED) is 0.649. The van der Waals surface area contributed by atoms with Crippen molar-refractivity contribution in [3.8, 4) is 5.75 Å². The molecule has 7 heteroatoms. The molecule has 2 fully saturated rings. The Morgan fingerprint density at radius 1 is 1.04 bits per heavy atom. The number of methoxy groups -OCH3 is 1. The van der Waals surface area contributed by atoms with E-state index in [0.29, 0.717) is 11.3 Å². The van der Waals surface area contributed by atoms with Gasteiger partial charge in [0.25, 0.3) is 0 Å². The first-order valence-electron chi connectivity index (χ1n) is 9.04. The van der Waals surface area contributed by atoms with Crippen molar-refractivity contribution in [1.29, 1.82) is 0 Å². The Hall–Kier alpha value is -3.48. The zero-order valence-electron chi connectivity index (χ0n) is 15.0. The Labute approximate surface area is 161 Å². The highest BCUT2D eigenvalue weighted by atomic mass is 16.5. The van der Waals surface area contributed by atoms with Gasteiger partial charge in [-0.3, -0.25) is 24.7 Å². The van der Waals surface area contributed by atoms with Crippen LogP contribution >= 0.6 is 0 Å². The zero-order valence-corrected chi connectivity index (χ0v) is 15.0. The van der Waals surface area contributed by atoms with E-state index in [4.69, 9.17) is 4.74 Å². The van der Waals surface area contributed by atoms with Crippen molar-refractivity contribution >= 4 is 23.8 Å². The van der Waals surface area contributed by atoms with E-state index in [0.717, 1.165) is 11.1 Å². The number of carbonyl (C=O) groups is 3. The topological polar surface area (TPSA) is 88.1 Å². The molecule has 5 rings (SSSR count). The van der Waals surface area contributed by atoms with Crippen molar-refractivity contribution in [2.45, 2.75) is 12.1 Å². The van der Waals surface area contributed by atoms with E-state index >= 15 is 0 Å². The molecule has 0 saturated carbocycles. The molecule has 3 aliphatic rings. The Morgan fingerprint density at radius 3 is 2.50 bits per heavy atom. The maximum atomic E-state index is 13.4. The van der Waals surface area contributed by atoms with Crippen LogP contribution in [0.4, 0.5) is 0 Å². The lowest BCUT2D eigenvalue weighted by molar-refractivity contribution is -0.127. The molecule has 4 atom stereocenters. The molecule has 3 heterocycles. The van der Waals surface area contributed by atoms with Crippen LogP contribution in [0.25, 0.3) is 0 Å². The SMILES string of the molecule is COc1ccc(C(=O)[C@H]2[C@H]3C(=O)NC(=O)[C@H]3[C@H]3c4ccccc4C=NN32)cc1. The van der Waals surface area contributed by atoms with E-state index < -0.39 is 29.8 Å². The summed E-state index contributed by atoms with van der Waals surface area (Å²) in [6.07, 6.45) is 1.68. The summed E-state index contributed by atoms with van der Waals surface area (Å²) in [5.74, 6) is -1.77. The molecular formula is C21H17N3O4. The lowest BCUT2D eigenvalue weighted by Crippen LogP contribution is -2.43. The highest BCUT2D eigenvalue weighted by Crippen LogP contribution is 2.50. The van der Waals surface area contributed by atoms with Gasteiger partial charge in [-0.25, -0.2) is 0 Å². The van der Waals surface area contributed by atoms with Crippen LogP contribution in [0, 0.1) is 11.8 Å². The highest BCUT2D eigenvalue weighted by molar-refractivity contribution is 6.12. The number of ketones is 1. The van der Waals surface area contributed by atoms with Crippen LogP contribution in [-0.2, 0) is 9.59 Å². The lowest BCUT2D eigenvalue weighted by atomic mass is 9.83. The summed E-state index contributed by atoms with van der Waals surface area (Å²) in [6, 6.07) is 13.1. The number of benzene rings is 2. The number of imide groups is 1. The van der Waals surface area contributed by atoms with E-state index in [1.165, 1.54) is 0 Å². The molecule has 0 radical (unpaired) electrons. The average Bonchev–Trinajstić information content (AvgIpc) is 3.22. The largest absolute Gasteiger partial charge is 0.497 e. The number of rotatable bonds is 3. The van der Waals surface area contributed by atoms with Crippen molar-refractivity contribution in [2.24, 2.45) is 16.9 Å². The summed E-state index contributed by atoms with van der Waals surface area (Å²) in [5.41, 5.74) is 2.25. The number of hydrogen-bond acceptors (Lipinski definition) is 6. The van der Waals surface area contributed by atoms with Gasteiger partial charge in [0, 0.05) is 5.56 Å². The molecule has 28 heavy (non-hydrogen) atoms. The molecule has 3 aliphatic heterocycles. The van der Waals surface area contributed by atoms with Crippen LogP contribution in [0.5, 0.6) is 5.75 Å². The average molecular weight is 375 g/mol. The van der Waals surface area contributed by atoms with Gasteiger partial charge >= 0.3 is 0 Å². The number of amides is 2. The van der Waals surface area contributed by atoms with E-state index in [2.05, 4.69) is 10.4 Å². The highest BCUT2D eigenvalue weighted by Gasteiger charge is 2.62. The van der Waals surface area contributed by atoms with E-state index in [1.54, 1.807) is 42.6 Å². The van der Waals surface area contributed by atoms with Crippen LogP contribution < -0.4 is 10.1 Å². The molecule has 1 N–H and O–H groups in total. The third-order valence-corrected chi connectivity index (χ3v) is 5.78. The molecular weight excluding hydrogens is 358 g/mol. The fraction of sp³-hybridized carbons (Fsp3) is 0.238. The van der Waals surface area contributed by atoms with Crippen molar-refractivity contribution < 1.29 is 19.1 Å². The number of nitrogens with one attached hydrogen (secondary N) is 1. The van der Waals surface area contributed by atoms with Gasteiger partial charge in [-0.15, -0.1) is 0 Å². The number of hydrazone groups is 1. The van der Waals surface area contributed by atoms with Crippen LogP contribution in [0.3, 0.4) is 0 Å². The second kappa shape index (κ2) is 6.02. The number of fused-ring (bicyclic) bond motifs is 5. The second-order valence-corrected chi connectivity index (χ2v) is 7.14. The number of ether oxygens (including phenoxy) is 1. The minimum absolute atomic E-state index is 0.235. The normalized spacial score (nSPS) is 27.1. The Kier molecular flexibility index (Phi) is 3.58. The van der Waals surface area contributed by atoms with Crippen LogP contribution in [0.15, 0.2) is 53.6 Å². The van der Waals surface area contributed by atoms with Gasteiger partial charge in [0.05, 0.1) is 31.2 Å². The number of hydrogen-bond donors (Lipinski definition) is 1. The third-order valence-electron chi connectivity index (χ3n) is 5.78. The fourth-order valence-electron chi connectivity index (χ4n) is 4.51. The minimum atomic E-state index is -0.834. The minimum Gasteiger partial charge on any atom is -0.497 e. The summed E-state index contributed by atoms with van der Waals surface area (Å²) in [6.45, 7) is 0. The van der Waals surface area contributed by atoms with Crippen molar-refractivity contribution in [3.63, 3.8) is 0 Å². The molecule has 0 bridgehead atoms. The predicted octanol–water partition coefficient (Wildman–Crippen LogP) is 1.54. The summed E-state index contributed by atoms with van der Waals surface area (Å²) in [5, 5.41) is 8.52. The molecule has 2 amide bonds. The van der Waals surface area contributed by atoms with Gasteiger partial charge in [-0.05, 0) is 35.4 Å². The van der Waals surface area contributed by atoms with Crippen LogP contribution in [0.1, 0.15) is 27.5 Å². The van der Waals surface area contributed by atoms with E-state index in [-0.39, 0.29) is 11.7 Å². The summed E-state index contributed by atoms with van der Waals surface area (Å²) in [7, 11) is 1.55. The summed E-state index contributed by atoms with van der Waals surface area (Å²) in [4.78, 5) is 38.5. The Balaban J connectivity index is 1.61. The first kappa shape index (κ1) is 16.7. The summed E-state index contributed by atoms with van der Waals surface area (Å²) < 4.78 is 5.15. The molecule has 2 aromatic carbocycles. The van der Waals surface area contributed by atoms with Gasteiger partial charge in [0.15, 0.2) is 5.78 Å². The Morgan fingerprint density at radius 2 is 1.75 bits per heavy atom. The molecule has 0 aromatic heterocycles. The molecule has 140 valence electrons. The van der Waals surface area contributed by atoms with Gasteiger partial charge in [0.1, 0.15) is 11.8 Å². The van der Waals surface area contributed by atoms with Gasteiger partial charge in [-0.1, -0.05) is 24.3 Å². The molecule has 0 spiro atoms. The summed E-state index contributed by atoms with van der Waals surface area (Å²) >= 11 is 0. The fourth-order valence-corrected chi connectivity index (χ4v) is 4.51. The predicted molar refractivity (Wildman–Crippen MR) is 99.9 cm³/mol. The van der Waals surface area contributed by atoms with Gasteiger partial charge in [0.2, 0.25) is 11.8 Å². The number of nitrogens with zero attached hydrogens (tertiary/aromatic N) is 2. The maximum absolute atomic E-state index is 13.4. The first-order chi connectivity index (χ1) is 13.6. The Bertz CT molecular complexity index is 1030. The third kappa shape index (κ3) is 2.22. The van der Waals surface area contributed by atoms with Crippen molar-refractivity contribution in [2.75, 3.05) is 7.11 Å². The first-order valence-corrected chi connectivity index (χ1v) is 9.04. The van der Waals surface area contributed by atoms with E-state index in [9.17, 15) is 14.4 Å². The number of Topliss-reactive ketones (excluding diaryl/α,β-unsaturated/α-hetero) is 1. The van der Waals surface area contributed by atoms with Crippen LogP contribution in [-0.4, -0.2) is 42.0 Å². The monoisotopic (exact) mass is 375 g/mol. The zero-order chi connectivity index (χ0) is 19.4. The van der Waals surface area contributed by atoms with E-state index in [1.807, 2.05) is 24.3 Å². The smallest absolute Gasteiger partial charge is 0.233 e. The molecule has 0 unspecified atom stereocenters. The molecule has 7 nitrogen and oxygen atoms in total. The van der Waals surface area contributed by atoms with Crippen molar-refractivity contribution in [3.05, 3.63) is 65.2 Å². The lowest BCUT2D eigenvalue weighted by Gasteiger charge is -2.32. The molecule has 2 saturated heterocycles.